The number of amides is 2. The fourth-order valence-corrected chi connectivity index (χ4v) is 2.58. The van der Waals surface area contributed by atoms with E-state index in [2.05, 4.69) is 19.9 Å². The van der Waals surface area contributed by atoms with Gasteiger partial charge in [0.1, 0.15) is 5.75 Å². The van der Waals surface area contributed by atoms with Gasteiger partial charge in [-0.25, -0.2) is 4.79 Å². The summed E-state index contributed by atoms with van der Waals surface area (Å²) < 4.78 is 9.61. The van der Waals surface area contributed by atoms with Crippen LogP contribution in [0.1, 0.15) is 6.92 Å². The van der Waals surface area contributed by atoms with Crippen molar-refractivity contribution < 1.29 is 19.1 Å². The van der Waals surface area contributed by atoms with Crippen LogP contribution in [0.5, 0.6) is 5.75 Å². The molecule has 1 saturated heterocycles. The Labute approximate surface area is 136 Å². The molecule has 0 aliphatic carbocycles. The number of benzene rings is 1. The Morgan fingerprint density at radius 2 is 1.70 bits per heavy atom. The maximum Gasteiger partial charge on any atom is 0.413 e. The molecule has 2 rings (SSSR count). The quantitative estimate of drug-likeness (QED) is 0.895. The average Bonchev–Trinajstić information content (AvgIpc) is 2.61. The second kappa shape index (κ2) is 7.82. The summed E-state index contributed by atoms with van der Waals surface area (Å²) in [5.74, 6) is 0.496. The van der Waals surface area contributed by atoms with Crippen LogP contribution < -0.4 is 15.0 Å². The minimum absolute atomic E-state index is 0.338. The highest BCUT2D eigenvalue weighted by molar-refractivity contribution is 5.94. The maximum atomic E-state index is 12.0. The number of hydrogen-bond donors (Lipinski definition) is 1. The van der Waals surface area contributed by atoms with Crippen molar-refractivity contribution >= 4 is 17.7 Å². The number of imide groups is 1. The van der Waals surface area contributed by atoms with Crippen molar-refractivity contribution in [2.75, 3.05) is 45.3 Å². The van der Waals surface area contributed by atoms with Crippen LogP contribution in [0.3, 0.4) is 0 Å². The summed E-state index contributed by atoms with van der Waals surface area (Å²) in [6, 6.07) is 7.57. The lowest BCUT2D eigenvalue weighted by molar-refractivity contribution is -0.125. The molecule has 1 N–H and O–H groups in total. The van der Waals surface area contributed by atoms with E-state index in [1.807, 2.05) is 24.3 Å². The standard InChI is InChI=1S/C16H23N3O4/c1-12(15(20)17-16(21)23-3)18-8-10-19(11-9-18)13-4-6-14(22-2)7-5-13/h4-7,12H,8-11H2,1-3H3,(H,17,20,21)/t12-/m1/s1. The van der Waals surface area contributed by atoms with Crippen molar-refractivity contribution in [3.05, 3.63) is 24.3 Å². The molecule has 2 amide bonds. The van der Waals surface area contributed by atoms with E-state index in [-0.39, 0.29) is 11.9 Å². The molecule has 1 aromatic carbocycles. The van der Waals surface area contributed by atoms with Crippen LogP contribution in [0.4, 0.5) is 10.5 Å². The van der Waals surface area contributed by atoms with E-state index in [9.17, 15) is 9.59 Å². The van der Waals surface area contributed by atoms with Gasteiger partial charge in [-0.2, -0.15) is 0 Å². The third-order valence-electron chi connectivity index (χ3n) is 4.09. The fraction of sp³-hybridized carbons (Fsp3) is 0.500. The minimum atomic E-state index is -0.723. The Hall–Kier alpha value is -2.28. The largest absolute Gasteiger partial charge is 0.497 e. The highest BCUT2D eigenvalue weighted by Gasteiger charge is 2.26. The van der Waals surface area contributed by atoms with Gasteiger partial charge in [-0.05, 0) is 31.2 Å². The Kier molecular flexibility index (Phi) is 5.81. The van der Waals surface area contributed by atoms with Gasteiger partial charge in [0, 0.05) is 31.9 Å². The monoisotopic (exact) mass is 321 g/mol. The molecule has 0 bridgehead atoms. The van der Waals surface area contributed by atoms with Crippen LogP contribution in [-0.2, 0) is 9.53 Å². The Bertz CT molecular complexity index is 539. The minimum Gasteiger partial charge on any atom is -0.497 e. The lowest BCUT2D eigenvalue weighted by atomic mass is 10.2. The molecule has 1 fully saturated rings. The molecule has 23 heavy (non-hydrogen) atoms. The molecule has 0 aromatic heterocycles. The van der Waals surface area contributed by atoms with E-state index < -0.39 is 6.09 Å². The molecular weight excluding hydrogens is 298 g/mol. The Balaban J connectivity index is 1.87. The topological polar surface area (TPSA) is 71.1 Å². The van der Waals surface area contributed by atoms with Gasteiger partial charge in [-0.15, -0.1) is 0 Å². The normalized spacial score (nSPS) is 16.6. The molecule has 1 aliphatic rings. The molecule has 1 heterocycles. The van der Waals surface area contributed by atoms with E-state index >= 15 is 0 Å². The van der Waals surface area contributed by atoms with Crippen LogP contribution in [0.15, 0.2) is 24.3 Å². The number of ether oxygens (including phenoxy) is 2. The summed E-state index contributed by atoms with van der Waals surface area (Å²) in [5.41, 5.74) is 1.14. The van der Waals surface area contributed by atoms with E-state index in [4.69, 9.17) is 4.74 Å². The zero-order chi connectivity index (χ0) is 16.8. The van der Waals surface area contributed by atoms with E-state index in [1.165, 1.54) is 7.11 Å². The van der Waals surface area contributed by atoms with Crippen molar-refractivity contribution in [1.82, 2.24) is 10.2 Å². The molecule has 0 saturated carbocycles. The lowest BCUT2D eigenvalue weighted by Crippen LogP contribution is -2.54. The maximum absolute atomic E-state index is 12.0. The second-order valence-corrected chi connectivity index (χ2v) is 5.38. The van der Waals surface area contributed by atoms with Gasteiger partial charge in [0.2, 0.25) is 5.91 Å². The van der Waals surface area contributed by atoms with Crippen molar-refractivity contribution in [3.8, 4) is 5.75 Å². The number of rotatable bonds is 4. The smallest absolute Gasteiger partial charge is 0.413 e. The van der Waals surface area contributed by atoms with Crippen molar-refractivity contribution in [2.24, 2.45) is 0 Å². The summed E-state index contributed by atoms with van der Waals surface area (Å²) in [7, 11) is 2.88. The zero-order valence-electron chi connectivity index (χ0n) is 13.7. The van der Waals surface area contributed by atoms with Crippen LogP contribution >= 0.6 is 0 Å². The first-order valence-corrected chi connectivity index (χ1v) is 7.57. The van der Waals surface area contributed by atoms with Crippen LogP contribution in [0.2, 0.25) is 0 Å². The van der Waals surface area contributed by atoms with E-state index in [1.54, 1.807) is 14.0 Å². The van der Waals surface area contributed by atoms with Crippen molar-refractivity contribution in [3.63, 3.8) is 0 Å². The van der Waals surface area contributed by atoms with E-state index in [0.29, 0.717) is 0 Å². The first-order valence-electron chi connectivity index (χ1n) is 7.57. The molecule has 1 atom stereocenters. The fourth-order valence-electron chi connectivity index (χ4n) is 2.58. The van der Waals surface area contributed by atoms with Gasteiger partial charge < -0.3 is 14.4 Å². The Morgan fingerprint density at radius 1 is 1.09 bits per heavy atom. The summed E-state index contributed by atoms with van der Waals surface area (Å²) in [5, 5.41) is 2.21. The van der Waals surface area contributed by atoms with Gasteiger partial charge in [0.05, 0.1) is 20.3 Å². The molecule has 1 aromatic rings. The summed E-state index contributed by atoms with van der Waals surface area (Å²) in [6.45, 7) is 4.94. The third-order valence-corrected chi connectivity index (χ3v) is 4.09. The van der Waals surface area contributed by atoms with Crippen LogP contribution in [0.25, 0.3) is 0 Å². The number of nitrogens with zero attached hydrogens (tertiary/aromatic N) is 2. The summed E-state index contributed by atoms with van der Waals surface area (Å²) >= 11 is 0. The molecule has 0 spiro atoms. The number of carbonyl (C=O) groups excluding carboxylic acids is 2. The van der Waals surface area contributed by atoms with Gasteiger partial charge >= 0.3 is 6.09 Å². The van der Waals surface area contributed by atoms with Gasteiger partial charge in [-0.1, -0.05) is 0 Å². The SMILES string of the molecule is COC(=O)NC(=O)[C@@H](C)N1CCN(c2ccc(OC)cc2)CC1. The molecule has 0 radical (unpaired) electrons. The lowest BCUT2D eigenvalue weighted by Gasteiger charge is -2.38. The van der Waals surface area contributed by atoms with Gasteiger partial charge in [-0.3, -0.25) is 15.0 Å². The van der Waals surface area contributed by atoms with Crippen molar-refractivity contribution in [1.29, 1.82) is 0 Å². The molecule has 0 unspecified atom stereocenters. The van der Waals surface area contributed by atoms with Crippen LogP contribution in [-0.4, -0.2) is 63.3 Å². The molecule has 1 aliphatic heterocycles. The average molecular weight is 321 g/mol. The number of piperazine rings is 1. The summed E-state index contributed by atoms with van der Waals surface area (Å²) in [4.78, 5) is 27.4. The summed E-state index contributed by atoms with van der Waals surface area (Å²) in [6.07, 6.45) is -0.723. The predicted octanol–water partition coefficient (Wildman–Crippen LogP) is 1.09. The zero-order valence-corrected chi connectivity index (χ0v) is 13.7. The molecular formula is C16H23N3O4. The highest BCUT2D eigenvalue weighted by Crippen LogP contribution is 2.21. The highest BCUT2D eigenvalue weighted by atomic mass is 16.5. The number of alkyl carbamates (subject to hydrolysis) is 1. The molecule has 126 valence electrons. The van der Waals surface area contributed by atoms with Gasteiger partial charge in [0.15, 0.2) is 0 Å². The van der Waals surface area contributed by atoms with Crippen LogP contribution in [0, 0.1) is 0 Å². The van der Waals surface area contributed by atoms with Gasteiger partial charge in [0.25, 0.3) is 0 Å². The number of methoxy groups -OCH3 is 2. The van der Waals surface area contributed by atoms with E-state index in [0.717, 1.165) is 37.6 Å². The van der Waals surface area contributed by atoms with Crippen molar-refractivity contribution in [2.45, 2.75) is 13.0 Å². The Morgan fingerprint density at radius 3 is 2.22 bits per heavy atom. The predicted molar refractivity (Wildman–Crippen MR) is 86.8 cm³/mol. The number of anilines is 1. The first-order chi connectivity index (χ1) is 11.0. The molecule has 7 nitrogen and oxygen atoms in total. The number of nitrogens with one attached hydrogen (secondary N) is 1. The second-order valence-electron chi connectivity index (χ2n) is 5.38. The number of hydrogen-bond acceptors (Lipinski definition) is 6. The molecule has 7 heteroatoms. The third kappa shape index (κ3) is 4.35. The first kappa shape index (κ1) is 17.1. The number of carbonyl (C=O) groups is 2.